The first-order chi connectivity index (χ1) is 15.8. The maximum atomic E-state index is 12.6. The molecule has 0 saturated heterocycles. The van der Waals surface area contributed by atoms with E-state index in [1.807, 2.05) is 44.2 Å². The van der Waals surface area contributed by atoms with Gasteiger partial charge >= 0.3 is 0 Å². The van der Waals surface area contributed by atoms with E-state index in [2.05, 4.69) is 15.5 Å². The molecule has 2 heterocycles. The van der Waals surface area contributed by atoms with Gasteiger partial charge in [-0.25, -0.2) is 4.68 Å². The van der Waals surface area contributed by atoms with Crippen LogP contribution in [-0.2, 0) is 13.3 Å². The monoisotopic (exact) mass is 503 g/mol. The average molecular weight is 505 g/mol. The Hall–Kier alpha value is -3.00. The number of benzene rings is 2. The summed E-state index contributed by atoms with van der Waals surface area (Å²) in [6, 6.07) is 12.8. The minimum absolute atomic E-state index is 0.140. The van der Waals surface area contributed by atoms with Crippen LogP contribution in [0.25, 0.3) is 0 Å². The molecular weight excluding hydrogens is 485 g/mol. The molecule has 1 amide bonds. The maximum Gasteiger partial charge on any atom is 0.277 e. The van der Waals surface area contributed by atoms with Crippen molar-refractivity contribution in [3.05, 3.63) is 92.3 Å². The molecule has 0 unspecified atom stereocenters. The Morgan fingerprint density at radius 2 is 1.73 bits per heavy atom. The highest BCUT2D eigenvalue weighted by Gasteiger charge is 2.15. The predicted octanol–water partition coefficient (Wildman–Crippen LogP) is 5.99. The lowest BCUT2D eigenvalue weighted by Gasteiger charge is -2.10. The zero-order valence-corrected chi connectivity index (χ0v) is 20.1. The highest BCUT2D eigenvalue weighted by Crippen LogP contribution is 2.26. The summed E-state index contributed by atoms with van der Waals surface area (Å²) in [4.78, 5) is 12.6. The molecule has 0 radical (unpaired) electrons. The first kappa shape index (κ1) is 23.2. The minimum atomic E-state index is -0.433. The van der Waals surface area contributed by atoms with Gasteiger partial charge in [-0.15, -0.1) is 0 Å². The van der Waals surface area contributed by atoms with Crippen molar-refractivity contribution in [3.8, 4) is 5.75 Å². The van der Waals surface area contributed by atoms with Gasteiger partial charge in [0.15, 0.2) is 18.2 Å². The lowest BCUT2D eigenvalue weighted by Crippen LogP contribution is -2.15. The fourth-order valence-electron chi connectivity index (χ4n) is 3.22. The summed E-state index contributed by atoms with van der Waals surface area (Å²) in [5, 5.41) is 12.9. The number of amides is 1. The first-order valence-electron chi connectivity index (χ1n) is 10.0. The second-order valence-electron chi connectivity index (χ2n) is 7.45. The van der Waals surface area contributed by atoms with E-state index in [1.54, 1.807) is 29.2 Å². The van der Waals surface area contributed by atoms with Gasteiger partial charge in [0.1, 0.15) is 10.8 Å². The Balaban J connectivity index is 1.39. The molecule has 2 aromatic carbocycles. The molecule has 0 aliphatic rings. The molecule has 4 rings (SSSR count). The topological polar surface area (TPSA) is 74.0 Å². The van der Waals surface area contributed by atoms with Crippen LogP contribution in [0.2, 0.25) is 15.1 Å². The fraction of sp³-hybridized carbons (Fsp3) is 0.174. The van der Waals surface area contributed by atoms with E-state index >= 15 is 0 Å². The van der Waals surface area contributed by atoms with Crippen molar-refractivity contribution in [3.63, 3.8) is 0 Å². The van der Waals surface area contributed by atoms with Gasteiger partial charge in [0.05, 0.1) is 6.54 Å². The van der Waals surface area contributed by atoms with E-state index in [0.717, 1.165) is 16.7 Å². The molecule has 0 aliphatic carbocycles. The lowest BCUT2D eigenvalue weighted by atomic mass is 10.1. The zero-order chi connectivity index (χ0) is 23.5. The second kappa shape index (κ2) is 9.87. The molecule has 1 N–H and O–H groups in total. The van der Waals surface area contributed by atoms with Gasteiger partial charge in [-0.05, 0) is 54.8 Å². The minimum Gasteiger partial charge on any atom is -0.471 e. The van der Waals surface area contributed by atoms with Crippen LogP contribution in [0, 0.1) is 13.8 Å². The normalized spacial score (nSPS) is 10.9. The molecule has 0 atom stereocenters. The molecule has 0 aliphatic heterocycles. The van der Waals surface area contributed by atoms with Crippen LogP contribution in [0.3, 0.4) is 0 Å². The van der Waals surface area contributed by atoms with Crippen molar-refractivity contribution in [2.45, 2.75) is 27.1 Å². The largest absolute Gasteiger partial charge is 0.471 e. The summed E-state index contributed by atoms with van der Waals surface area (Å²) in [7, 11) is 0. The molecule has 0 spiro atoms. The van der Waals surface area contributed by atoms with Gasteiger partial charge in [0.2, 0.25) is 0 Å². The van der Waals surface area contributed by atoms with Gasteiger partial charge < -0.3 is 10.1 Å². The number of ether oxygens (including phenoxy) is 1. The first-order valence-corrected chi connectivity index (χ1v) is 11.1. The second-order valence-corrected chi connectivity index (χ2v) is 8.65. The summed E-state index contributed by atoms with van der Waals surface area (Å²) in [6.07, 6.45) is 3.28. The van der Waals surface area contributed by atoms with Crippen molar-refractivity contribution in [1.82, 2.24) is 19.6 Å². The van der Waals surface area contributed by atoms with E-state index < -0.39 is 5.91 Å². The number of rotatable bonds is 7. The van der Waals surface area contributed by atoms with Gasteiger partial charge in [0.25, 0.3) is 5.91 Å². The molecule has 0 bridgehead atoms. The van der Waals surface area contributed by atoms with Crippen molar-refractivity contribution < 1.29 is 9.53 Å². The molecule has 0 saturated carbocycles. The number of nitrogens with one attached hydrogen (secondary N) is 1. The number of halogens is 3. The van der Waals surface area contributed by atoms with E-state index in [-0.39, 0.29) is 18.2 Å². The number of aryl methyl sites for hydroxylation is 2. The Morgan fingerprint density at radius 3 is 2.45 bits per heavy atom. The summed E-state index contributed by atoms with van der Waals surface area (Å²) >= 11 is 18.7. The smallest absolute Gasteiger partial charge is 0.277 e. The van der Waals surface area contributed by atoms with Gasteiger partial charge in [-0.1, -0.05) is 53.0 Å². The average Bonchev–Trinajstić information content (AvgIpc) is 3.39. The molecular formula is C23H20Cl3N5O2. The van der Waals surface area contributed by atoms with Crippen LogP contribution in [0.5, 0.6) is 5.75 Å². The molecule has 2 aromatic heterocycles. The van der Waals surface area contributed by atoms with Crippen molar-refractivity contribution in [2.75, 3.05) is 5.32 Å². The Morgan fingerprint density at radius 1 is 1.00 bits per heavy atom. The van der Waals surface area contributed by atoms with E-state index in [9.17, 15) is 4.79 Å². The van der Waals surface area contributed by atoms with Gasteiger partial charge in [0, 0.05) is 22.4 Å². The summed E-state index contributed by atoms with van der Waals surface area (Å²) in [5.74, 6) is 0.482. The van der Waals surface area contributed by atoms with Crippen LogP contribution in [0.4, 0.5) is 5.82 Å². The van der Waals surface area contributed by atoms with Crippen molar-refractivity contribution in [2.24, 2.45) is 0 Å². The summed E-state index contributed by atoms with van der Waals surface area (Å²) in [6.45, 7) is 4.39. The van der Waals surface area contributed by atoms with Crippen molar-refractivity contribution in [1.29, 1.82) is 0 Å². The maximum absolute atomic E-state index is 12.6. The number of carbonyl (C=O) groups excluding carboxylic acids is 1. The third-order valence-corrected chi connectivity index (χ3v) is 6.13. The summed E-state index contributed by atoms with van der Waals surface area (Å²) in [5.41, 5.74) is 2.95. The number of nitrogens with zero attached hydrogens (tertiary/aromatic N) is 4. The van der Waals surface area contributed by atoms with Gasteiger partial charge in [-0.2, -0.15) is 10.2 Å². The van der Waals surface area contributed by atoms with Crippen LogP contribution in [0.1, 0.15) is 27.2 Å². The van der Waals surface area contributed by atoms with Crippen LogP contribution >= 0.6 is 34.8 Å². The number of anilines is 1. The number of hydrogen-bond donors (Lipinski definition) is 1. The quantitative estimate of drug-likeness (QED) is 0.335. The highest BCUT2D eigenvalue weighted by molar-refractivity contribution is 6.33. The van der Waals surface area contributed by atoms with E-state index in [4.69, 9.17) is 39.5 Å². The fourth-order valence-corrected chi connectivity index (χ4v) is 3.72. The molecule has 10 heteroatoms. The van der Waals surface area contributed by atoms with Crippen LogP contribution in [0.15, 0.2) is 54.9 Å². The molecule has 0 fully saturated rings. The molecule has 170 valence electrons. The molecule has 33 heavy (non-hydrogen) atoms. The third-order valence-electron chi connectivity index (χ3n) is 4.89. The van der Waals surface area contributed by atoms with Gasteiger partial charge in [-0.3, -0.25) is 9.48 Å². The van der Waals surface area contributed by atoms with Crippen molar-refractivity contribution >= 4 is 46.5 Å². The Bertz CT molecular complexity index is 1290. The number of carbonyl (C=O) groups is 1. The SMILES string of the molecule is Cc1cc(OCn2ccc(C(=O)Nc3nn(Cc4ccccc4Cl)cc3Cl)n2)cc(C)c1Cl. The third kappa shape index (κ3) is 5.50. The predicted molar refractivity (Wildman–Crippen MR) is 130 cm³/mol. The Labute approximate surface area is 205 Å². The number of aromatic nitrogens is 4. The van der Waals surface area contributed by atoms with Crippen LogP contribution in [-0.4, -0.2) is 25.5 Å². The zero-order valence-electron chi connectivity index (χ0n) is 17.8. The highest BCUT2D eigenvalue weighted by atomic mass is 35.5. The van der Waals surface area contributed by atoms with Crippen LogP contribution < -0.4 is 10.1 Å². The summed E-state index contributed by atoms with van der Waals surface area (Å²) < 4.78 is 8.90. The molecule has 7 nitrogen and oxygen atoms in total. The van der Waals surface area contributed by atoms with E-state index in [1.165, 1.54) is 4.68 Å². The standard InChI is InChI=1S/C23H20Cl3N5O2/c1-14-9-17(10-15(2)21(14)26)33-13-30-8-7-20(28-30)23(32)27-22-19(25)12-31(29-22)11-16-5-3-4-6-18(16)24/h3-10,12H,11,13H2,1-2H3,(H,27,29,32). The Kier molecular flexibility index (Phi) is 6.93. The van der Waals surface area contributed by atoms with E-state index in [0.29, 0.717) is 27.4 Å². The molecule has 4 aromatic rings. The lowest BCUT2D eigenvalue weighted by molar-refractivity contribution is 0.101. The number of hydrogen-bond acceptors (Lipinski definition) is 4.